The van der Waals surface area contributed by atoms with E-state index in [1.165, 1.54) is 24.3 Å². The lowest BCUT2D eigenvalue weighted by atomic mass is 10.2. The first-order chi connectivity index (χ1) is 13.7. The number of nitrogens with zero attached hydrogens (tertiary/aromatic N) is 3. The average molecular weight is 403 g/mol. The van der Waals surface area contributed by atoms with Crippen molar-refractivity contribution >= 4 is 11.6 Å². The van der Waals surface area contributed by atoms with Crippen molar-refractivity contribution in [3.8, 4) is 11.4 Å². The number of aryl methyl sites for hydroxylation is 1. The molecule has 1 heterocycles. The number of hydrogen-bond donors (Lipinski definition) is 2. The molecule has 0 unspecified atom stereocenters. The summed E-state index contributed by atoms with van der Waals surface area (Å²) in [5.41, 5.74) is 10.1. The maximum atomic E-state index is 12.2. The molecule has 0 amide bonds. The Morgan fingerprint density at radius 3 is 2.38 bits per heavy atom. The third kappa shape index (κ3) is 5.28. The molecule has 0 aliphatic heterocycles. The van der Waals surface area contributed by atoms with Gasteiger partial charge in [0.25, 0.3) is 0 Å². The molecule has 9 heteroatoms. The Labute approximate surface area is 165 Å². The number of anilines is 1. The number of aromatic nitrogens is 2. The maximum Gasteiger partial charge on any atom is 0.573 e. The van der Waals surface area contributed by atoms with E-state index in [1.54, 1.807) is 0 Å². The first-order valence-electron chi connectivity index (χ1n) is 8.76. The van der Waals surface area contributed by atoms with Gasteiger partial charge in [-0.15, -0.1) is 13.2 Å². The largest absolute Gasteiger partial charge is 0.573 e. The van der Waals surface area contributed by atoms with Gasteiger partial charge in [-0.1, -0.05) is 18.2 Å². The number of guanidine groups is 1. The second-order valence-electron chi connectivity index (χ2n) is 6.30. The first-order valence-corrected chi connectivity index (χ1v) is 8.76. The smallest absolute Gasteiger partial charge is 0.406 e. The van der Waals surface area contributed by atoms with E-state index in [9.17, 15) is 13.2 Å². The van der Waals surface area contributed by atoms with Crippen LogP contribution in [0, 0.1) is 13.8 Å². The van der Waals surface area contributed by atoms with Crippen LogP contribution in [0.2, 0.25) is 0 Å². The number of nitrogens with two attached hydrogens (primary N) is 1. The molecule has 0 fully saturated rings. The lowest BCUT2D eigenvalue weighted by Gasteiger charge is -2.10. The highest BCUT2D eigenvalue weighted by Crippen LogP contribution is 2.24. The van der Waals surface area contributed by atoms with Crippen LogP contribution in [0.15, 0.2) is 59.6 Å². The second-order valence-corrected chi connectivity index (χ2v) is 6.30. The van der Waals surface area contributed by atoms with E-state index < -0.39 is 6.36 Å². The predicted molar refractivity (Wildman–Crippen MR) is 105 cm³/mol. The van der Waals surface area contributed by atoms with Gasteiger partial charge in [-0.2, -0.15) is 5.10 Å². The molecule has 3 aromatic rings. The average Bonchev–Trinajstić information content (AvgIpc) is 2.95. The molecule has 29 heavy (non-hydrogen) atoms. The van der Waals surface area contributed by atoms with Crippen molar-refractivity contribution in [2.75, 3.05) is 5.32 Å². The molecule has 0 saturated heterocycles. The highest BCUT2D eigenvalue weighted by Gasteiger charge is 2.30. The maximum absolute atomic E-state index is 12.2. The Morgan fingerprint density at radius 1 is 1.10 bits per heavy atom. The summed E-state index contributed by atoms with van der Waals surface area (Å²) in [6.07, 6.45) is -4.73. The summed E-state index contributed by atoms with van der Waals surface area (Å²) in [5.74, 6) is -0.168. The van der Waals surface area contributed by atoms with Crippen LogP contribution in [-0.2, 0) is 6.54 Å². The number of benzene rings is 2. The third-order valence-corrected chi connectivity index (χ3v) is 4.21. The quantitative estimate of drug-likeness (QED) is 0.492. The number of ether oxygens (including phenoxy) is 1. The molecule has 3 N–H and O–H groups in total. The van der Waals surface area contributed by atoms with Gasteiger partial charge in [0.2, 0.25) is 0 Å². The minimum atomic E-state index is -4.73. The number of hydrogen-bond acceptors (Lipinski definition) is 3. The van der Waals surface area contributed by atoms with Crippen molar-refractivity contribution in [1.29, 1.82) is 0 Å². The van der Waals surface area contributed by atoms with Gasteiger partial charge in [0, 0.05) is 16.9 Å². The molecule has 0 atom stereocenters. The van der Waals surface area contributed by atoms with Crippen LogP contribution in [0.3, 0.4) is 0 Å². The Morgan fingerprint density at radius 2 is 1.76 bits per heavy atom. The Hall–Kier alpha value is -3.49. The Balaban J connectivity index is 1.68. The van der Waals surface area contributed by atoms with Crippen molar-refractivity contribution in [2.24, 2.45) is 10.7 Å². The number of alkyl halides is 3. The summed E-state index contributed by atoms with van der Waals surface area (Å²) in [4.78, 5) is 4.32. The van der Waals surface area contributed by atoms with Gasteiger partial charge >= 0.3 is 6.36 Å². The summed E-state index contributed by atoms with van der Waals surface area (Å²) in [7, 11) is 0. The van der Waals surface area contributed by atoms with Crippen LogP contribution in [-0.4, -0.2) is 22.1 Å². The fourth-order valence-electron chi connectivity index (χ4n) is 2.82. The van der Waals surface area contributed by atoms with E-state index in [-0.39, 0.29) is 11.7 Å². The summed E-state index contributed by atoms with van der Waals surface area (Å²) in [5, 5.41) is 7.40. The van der Waals surface area contributed by atoms with Crippen molar-refractivity contribution in [3.63, 3.8) is 0 Å². The standard InChI is InChI=1S/C20H20F3N5O/c1-13-18(14(2)28(27-13)16-6-4-3-5-7-16)12-25-19(24)26-15-8-10-17(11-9-15)29-20(21,22)23/h3-11H,12H2,1-2H3,(H3,24,25,26). The van der Waals surface area contributed by atoms with E-state index in [2.05, 4.69) is 20.1 Å². The summed E-state index contributed by atoms with van der Waals surface area (Å²) >= 11 is 0. The monoisotopic (exact) mass is 403 g/mol. The van der Waals surface area contributed by atoms with Crippen LogP contribution in [0.4, 0.5) is 18.9 Å². The SMILES string of the molecule is Cc1nn(-c2ccccc2)c(C)c1CN=C(N)Nc1ccc(OC(F)(F)F)cc1. The van der Waals surface area contributed by atoms with Crippen LogP contribution in [0.25, 0.3) is 5.69 Å². The molecule has 3 rings (SSSR count). The molecule has 0 aliphatic carbocycles. The zero-order valence-electron chi connectivity index (χ0n) is 15.9. The summed E-state index contributed by atoms with van der Waals surface area (Å²) in [6, 6.07) is 15.0. The molecule has 0 bridgehead atoms. The van der Waals surface area contributed by atoms with Crippen molar-refractivity contribution in [1.82, 2.24) is 9.78 Å². The van der Waals surface area contributed by atoms with E-state index >= 15 is 0 Å². The molecule has 0 aliphatic rings. The zero-order valence-corrected chi connectivity index (χ0v) is 15.9. The van der Waals surface area contributed by atoms with Gasteiger partial charge in [-0.3, -0.25) is 0 Å². The molecular weight excluding hydrogens is 383 g/mol. The zero-order chi connectivity index (χ0) is 21.0. The Bertz CT molecular complexity index is 995. The number of rotatable bonds is 5. The van der Waals surface area contributed by atoms with Crippen molar-refractivity contribution in [3.05, 3.63) is 71.5 Å². The van der Waals surface area contributed by atoms with Crippen LogP contribution in [0.1, 0.15) is 17.0 Å². The molecular formula is C20H20F3N5O. The molecule has 0 radical (unpaired) electrons. The van der Waals surface area contributed by atoms with Gasteiger partial charge in [-0.05, 0) is 50.2 Å². The summed E-state index contributed by atoms with van der Waals surface area (Å²) < 4.78 is 42.3. The third-order valence-electron chi connectivity index (χ3n) is 4.21. The second kappa shape index (κ2) is 8.26. The fourth-order valence-corrected chi connectivity index (χ4v) is 2.82. The summed E-state index contributed by atoms with van der Waals surface area (Å²) in [6.45, 7) is 4.18. The van der Waals surface area contributed by atoms with Crippen molar-refractivity contribution in [2.45, 2.75) is 26.8 Å². The number of halogens is 3. The van der Waals surface area contributed by atoms with E-state index in [4.69, 9.17) is 5.73 Å². The minimum Gasteiger partial charge on any atom is -0.406 e. The van der Waals surface area contributed by atoms with Crippen LogP contribution < -0.4 is 15.8 Å². The number of aliphatic imine (C=N–C) groups is 1. The van der Waals surface area contributed by atoms with Crippen LogP contribution in [0.5, 0.6) is 5.75 Å². The lowest BCUT2D eigenvalue weighted by molar-refractivity contribution is -0.274. The highest BCUT2D eigenvalue weighted by molar-refractivity contribution is 5.92. The minimum absolute atomic E-state index is 0.140. The topological polar surface area (TPSA) is 77.5 Å². The van der Waals surface area contributed by atoms with Crippen molar-refractivity contribution < 1.29 is 17.9 Å². The molecule has 1 aromatic heterocycles. The van der Waals surface area contributed by atoms with Gasteiger partial charge in [0.1, 0.15) is 5.75 Å². The van der Waals surface area contributed by atoms with Gasteiger partial charge in [-0.25, -0.2) is 9.67 Å². The predicted octanol–water partition coefficient (Wildman–Crippen LogP) is 4.31. The van der Waals surface area contributed by atoms with Crippen LogP contribution >= 0.6 is 0 Å². The normalized spacial score (nSPS) is 12.1. The molecule has 0 spiro atoms. The first kappa shape index (κ1) is 20.2. The number of para-hydroxylation sites is 1. The van der Waals surface area contributed by atoms with Gasteiger partial charge in [0.05, 0.1) is 17.9 Å². The number of nitrogens with one attached hydrogen (secondary N) is 1. The van der Waals surface area contributed by atoms with Gasteiger partial charge < -0.3 is 15.8 Å². The van der Waals surface area contributed by atoms with E-state index in [0.29, 0.717) is 12.2 Å². The van der Waals surface area contributed by atoms with E-state index in [1.807, 2.05) is 48.9 Å². The molecule has 2 aromatic carbocycles. The highest BCUT2D eigenvalue weighted by atomic mass is 19.4. The molecule has 152 valence electrons. The fraction of sp³-hybridized carbons (Fsp3) is 0.200. The van der Waals surface area contributed by atoms with E-state index in [0.717, 1.165) is 22.6 Å². The molecule has 6 nitrogen and oxygen atoms in total. The van der Waals surface area contributed by atoms with Gasteiger partial charge in [0.15, 0.2) is 5.96 Å². The Kier molecular flexibility index (Phi) is 5.76. The lowest BCUT2D eigenvalue weighted by Crippen LogP contribution is -2.22. The molecule has 0 saturated carbocycles.